The summed E-state index contributed by atoms with van der Waals surface area (Å²) in [6.07, 6.45) is 3.70. The number of carbonyl (C=O) groups is 1. The highest BCUT2D eigenvalue weighted by Crippen LogP contribution is 2.25. The van der Waals surface area contributed by atoms with Gasteiger partial charge in [0.15, 0.2) is 4.96 Å². The Morgan fingerprint density at radius 1 is 1.21 bits per heavy atom. The number of imidazole rings is 1. The molecule has 0 aliphatic rings. The average Bonchev–Trinajstić information content (AvgIpc) is 3.26. The topological polar surface area (TPSA) is 81.3 Å². The van der Waals surface area contributed by atoms with E-state index in [0.717, 1.165) is 21.9 Å². The first-order valence-electron chi connectivity index (χ1n) is 8.60. The van der Waals surface area contributed by atoms with Gasteiger partial charge in [0.2, 0.25) is 5.91 Å². The van der Waals surface area contributed by atoms with Crippen molar-refractivity contribution in [3.8, 4) is 11.3 Å². The van der Waals surface area contributed by atoms with Crippen molar-refractivity contribution < 1.29 is 4.79 Å². The number of hydrogen-bond acceptors (Lipinski definition) is 5. The monoisotopic (exact) mass is 413 g/mol. The van der Waals surface area contributed by atoms with Gasteiger partial charge < -0.3 is 5.32 Å². The van der Waals surface area contributed by atoms with E-state index in [1.807, 2.05) is 40.2 Å². The summed E-state index contributed by atoms with van der Waals surface area (Å²) in [4.78, 5) is 29.3. The molecule has 1 N–H and O–H groups in total. The minimum Gasteiger partial charge on any atom is -0.354 e. The van der Waals surface area contributed by atoms with Crippen LogP contribution in [0, 0.1) is 0 Å². The van der Waals surface area contributed by atoms with Crippen LogP contribution in [0.15, 0.2) is 59.0 Å². The fraction of sp³-hybridized carbons (Fsp3) is 0.158. The van der Waals surface area contributed by atoms with Gasteiger partial charge in [0, 0.05) is 46.7 Å². The van der Waals surface area contributed by atoms with Crippen molar-refractivity contribution in [3.05, 3.63) is 75.2 Å². The first-order chi connectivity index (χ1) is 13.6. The third-order valence-electron chi connectivity index (χ3n) is 4.20. The maximum Gasteiger partial charge on any atom is 0.266 e. The molecule has 9 heteroatoms. The molecule has 0 fully saturated rings. The molecule has 0 atom stereocenters. The largest absolute Gasteiger partial charge is 0.354 e. The molecule has 0 radical (unpaired) electrons. The molecular weight excluding hydrogens is 398 g/mol. The molecule has 0 bridgehead atoms. The molecule has 4 rings (SSSR count). The number of amides is 1. The number of aromatic nitrogens is 4. The van der Waals surface area contributed by atoms with Gasteiger partial charge in [-0.15, -0.1) is 11.3 Å². The zero-order valence-corrected chi connectivity index (χ0v) is 16.3. The highest BCUT2D eigenvalue weighted by molar-refractivity contribution is 7.15. The normalized spacial score (nSPS) is 11.0. The Morgan fingerprint density at radius 2 is 2.04 bits per heavy atom. The van der Waals surface area contributed by atoms with Crippen molar-refractivity contribution in [2.24, 2.45) is 0 Å². The second-order valence-electron chi connectivity index (χ2n) is 6.12. The van der Waals surface area contributed by atoms with Gasteiger partial charge in [-0.1, -0.05) is 23.7 Å². The maximum absolute atomic E-state index is 12.3. The average molecular weight is 414 g/mol. The first-order valence-corrected chi connectivity index (χ1v) is 9.86. The highest BCUT2D eigenvalue weighted by atomic mass is 35.5. The van der Waals surface area contributed by atoms with E-state index in [0.29, 0.717) is 18.1 Å². The number of fused-ring (bicyclic) bond motifs is 1. The Labute approximate surface area is 169 Å². The Kier molecular flexibility index (Phi) is 5.23. The molecule has 28 heavy (non-hydrogen) atoms. The zero-order chi connectivity index (χ0) is 19.5. The summed E-state index contributed by atoms with van der Waals surface area (Å²) < 4.78 is 3.24. The number of hydrogen-bond donors (Lipinski definition) is 1. The molecular formula is C19H16ClN5O2S. The quantitative estimate of drug-likeness (QED) is 0.527. The molecule has 7 nitrogen and oxygen atoms in total. The van der Waals surface area contributed by atoms with E-state index in [2.05, 4.69) is 15.4 Å². The van der Waals surface area contributed by atoms with E-state index in [9.17, 15) is 9.59 Å². The third kappa shape index (κ3) is 3.97. The van der Waals surface area contributed by atoms with E-state index < -0.39 is 0 Å². The fourth-order valence-corrected chi connectivity index (χ4v) is 3.80. The summed E-state index contributed by atoms with van der Waals surface area (Å²) in [6.45, 7) is 0.666. The van der Waals surface area contributed by atoms with Gasteiger partial charge in [-0.25, -0.2) is 9.67 Å². The van der Waals surface area contributed by atoms with Crippen LogP contribution in [0.3, 0.4) is 0 Å². The molecule has 0 saturated heterocycles. The Morgan fingerprint density at radius 3 is 2.82 bits per heavy atom. The number of nitrogens with one attached hydrogen (secondary N) is 1. The van der Waals surface area contributed by atoms with Crippen molar-refractivity contribution in [1.82, 2.24) is 24.5 Å². The number of thiazole rings is 1. The second kappa shape index (κ2) is 7.95. The minimum absolute atomic E-state index is 0.120. The van der Waals surface area contributed by atoms with Crippen molar-refractivity contribution in [2.45, 2.75) is 13.0 Å². The Bertz CT molecular complexity index is 1180. The lowest BCUT2D eigenvalue weighted by Gasteiger charge is -2.06. The maximum atomic E-state index is 12.3. The van der Waals surface area contributed by atoms with Crippen LogP contribution in [0.1, 0.15) is 5.69 Å². The second-order valence-corrected chi connectivity index (χ2v) is 7.40. The van der Waals surface area contributed by atoms with Crippen LogP contribution in [-0.4, -0.2) is 31.6 Å². The summed E-state index contributed by atoms with van der Waals surface area (Å²) in [5, 5.41) is 9.39. The van der Waals surface area contributed by atoms with Gasteiger partial charge in [-0.05, 0) is 18.2 Å². The number of carbonyl (C=O) groups excluding carboxylic acids is 1. The molecule has 142 valence electrons. The van der Waals surface area contributed by atoms with Crippen LogP contribution in [0.25, 0.3) is 16.2 Å². The van der Waals surface area contributed by atoms with Crippen molar-refractivity contribution >= 4 is 33.8 Å². The van der Waals surface area contributed by atoms with Gasteiger partial charge in [-0.2, -0.15) is 5.10 Å². The zero-order valence-electron chi connectivity index (χ0n) is 14.7. The number of rotatable bonds is 6. The minimum atomic E-state index is -0.190. The SMILES string of the molecule is O=C(Cc1csc2nc(-c3ccc(Cl)cc3)cn12)NCCn1ncccc1=O. The van der Waals surface area contributed by atoms with E-state index in [-0.39, 0.29) is 17.9 Å². The van der Waals surface area contributed by atoms with Crippen LogP contribution in [0.4, 0.5) is 0 Å². The lowest BCUT2D eigenvalue weighted by Crippen LogP contribution is -2.32. The molecule has 0 aliphatic heterocycles. The van der Waals surface area contributed by atoms with Gasteiger partial charge in [0.25, 0.3) is 5.56 Å². The molecule has 0 aliphatic carbocycles. The summed E-state index contributed by atoms with van der Waals surface area (Å²) in [5.41, 5.74) is 2.47. The van der Waals surface area contributed by atoms with E-state index >= 15 is 0 Å². The van der Waals surface area contributed by atoms with Crippen molar-refractivity contribution in [1.29, 1.82) is 0 Å². The van der Waals surface area contributed by atoms with Crippen molar-refractivity contribution in [3.63, 3.8) is 0 Å². The lowest BCUT2D eigenvalue weighted by molar-refractivity contribution is -0.120. The predicted molar refractivity (Wildman–Crippen MR) is 109 cm³/mol. The highest BCUT2D eigenvalue weighted by Gasteiger charge is 2.12. The summed E-state index contributed by atoms with van der Waals surface area (Å²) >= 11 is 7.43. The number of benzene rings is 1. The Balaban J connectivity index is 1.41. The Hall–Kier alpha value is -2.97. The lowest BCUT2D eigenvalue weighted by atomic mass is 10.2. The van der Waals surface area contributed by atoms with Crippen LogP contribution in [0.2, 0.25) is 5.02 Å². The third-order valence-corrected chi connectivity index (χ3v) is 5.34. The number of halogens is 1. The van der Waals surface area contributed by atoms with Crippen LogP contribution < -0.4 is 10.9 Å². The molecule has 1 aromatic carbocycles. The molecule has 0 unspecified atom stereocenters. The number of nitrogens with zero attached hydrogens (tertiary/aromatic N) is 4. The van der Waals surface area contributed by atoms with Gasteiger partial charge in [0.05, 0.1) is 18.7 Å². The van der Waals surface area contributed by atoms with Gasteiger partial charge >= 0.3 is 0 Å². The molecule has 0 saturated carbocycles. The standard InChI is InChI=1S/C19H16ClN5O2S/c20-14-5-3-13(4-6-14)16-11-24-15(12-28-19(24)23-16)10-17(26)21-8-9-25-18(27)2-1-7-22-25/h1-7,11-12H,8-10H2,(H,21,26). The predicted octanol–water partition coefficient (Wildman–Crippen LogP) is 2.63. The molecule has 3 heterocycles. The summed E-state index contributed by atoms with van der Waals surface area (Å²) in [7, 11) is 0. The van der Waals surface area contributed by atoms with Crippen molar-refractivity contribution in [2.75, 3.05) is 6.54 Å². The van der Waals surface area contributed by atoms with Crippen LogP contribution in [0.5, 0.6) is 0 Å². The van der Waals surface area contributed by atoms with Crippen LogP contribution in [-0.2, 0) is 17.8 Å². The fourth-order valence-electron chi connectivity index (χ4n) is 2.80. The summed E-state index contributed by atoms with van der Waals surface area (Å²) in [5.74, 6) is -0.120. The summed E-state index contributed by atoms with van der Waals surface area (Å²) in [6, 6.07) is 10.5. The first kappa shape index (κ1) is 18.4. The smallest absolute Gasteiger partial charge is 0.266 e. The molecule has 3 aromatic heterocycles. The van der Waals surface area contributed by atoms with E-state index in [1.54, 1.807) is 12.3 Å². The van der Waals surface area contributed by atoms with Crippen LogP contribution >= 0.6 is 22.9 Å². The molecule has 1 amide bonds. The van der Waals surface area contributed by atoms with E-state index in [4.69, 9.17) is 11.6 Å². The van der Waals surface area contributed by atoms with Gasteiger partial charge in [0.1, 0.15) is 0 Å². The molecule has 0 spiro atoms. The van der Waals surface area contributed by atoms with E-state index in [1.165, 1.54) is 22.1 Å². The molecule has 4 aromatic rings. The van der Waals surface area contributed by atoms with Gasteiger partial charge in [-0.3, -0.25) is 14.0 Å².